The molecule has 1 unspecified atom stereocenters. The highest BCUT2D eigenvalue weighted by Gasteiger charge is 2.28. The zero-order chi connectivity index (χ0) is 15.0. The van der Waals surface area contributed by atoms with E-state index in [9.17, 15) is 4.79 Å². The molecule has 0 spiro atoms. The summed E-state index contributed by atoms with van der Waals surface area (Å²) in [4.78, 5) is 21.2. The highest BCUT2D eigenvalue weighted by molar-refractivity contribution is 6.31. The van der Waals surface area contributed by atoms with Crippen LogP contribution < -0.4 is 5.32 Å². The Balaban J connectivity index is 2.00. The normalized spacial score (nSPS) is 16.1. The Morgan fingerprint density at radius 2 is 2.33 bits per heavy atom. The molecule has 0 radical (unpaired) electrons. The lowest BCUT2D eigenvalue weighted by atomic mass is 10.3. The average Bonchev–Trinajstić information content (AvgIpc) is 3.18. The number of hydrogen-bond donors (Lipinski definition) is 1. The molecule has 2 aromatic rings. The van der Waals surface area contributed by atoms with Gasteiger partial charge in [0.15, 0.2) is 5.65 Å². The van der Waals surface area contributed by atoms with Crippen molar-refractivity contribution in [1.29, 1.82) is 0 Å². The highest BCUT2D eigenvalue weighted by atomic mass is 35.5. The number of nitrogens with one attached hydrogen (secondary N) is 1. The number of carbonyl (C=O) groups excluding carboxylic acids is 1. The molecule has 1 saturated carbocycles. The van der Waals surface area contributed by atoms with Crippen molar-refractivity contribution in [3.8, 4) is 0 Å². The first-order valence-electron chi connectivity index (χ1n) is 6.99. The highest BCUT2D eigenvalue weighted by Crippen LogP contribution is 2.24. The zero-order valence-corrected chi connectivity index (χ0v) is 13.2. The van der Waals surface area contributed by atoms with Gasteiger partial charge in [0.25, 0.3) is 0 Å². The molecule has 1 fully saturated rings. The third-order valence-corrected chi connectivity index (χ3v) is 3.97. The van der Waals surface area contributed by atoms with Crippen LogP contribution in [-0.4, -0.2) is 32.4 Å². The summed E-state index contributed by atoms with van der Waals surface area (Å²) in [6.45, 7) is 1.85. The third kappa shape index (κ3) is 2.99. The van der Waals surface area contributed by atoms with E-state index in [1.54, 1.807) is 12.3 Å². The summed E-state index contributed by atoms with van der Waals surface area (Å²) in [6, 6.07) is 1.71. The summed E-state index contributed by atoms with van der Waals surface area (Å²) in [5.41, 5.74) is 1.35. The number of halogens is 2. The summed E-state index contributed by atoms with van der Waals surface area (Å²) in [5.74, 6) is 1.19. The van der Waals surface area contributed by atoms with E-state index in [-0.39, 0.29) is 11.9 Å². The maximum absolute atomic E-state index is 12.3. The molecule has 5 nitrogen and oxygen atoms in total. The fourth-order valence-corrected chi connectivity index (χ4v) is 2.66. The van der Waals surface area contributed by atoms with Gasteiger partial charge in [0.2, 0.25) is 5.91 Å². The molecular formula is C14H16Cl2N4O. The minimum absolute atomic E-state index is 0.00984. The lowest BCUT2D eigenvalue weighted by Crippen LogP contribution is -2.33. The van der Waals surface area contributed by atoms with Crippen LogP contribution in [0.1, 0.15) is 31.6 Å². The summed E-state index contributed by atoms with van der Waals surface area (Å²) in [7, 11) is 0. The van der Waals surface area contributed by atoms with E-state index in [1.165, 1.54) is 0 Å². The molecule has 21 heavy (non-hydrogen) atoms. The summed E-state index contributed by atoms with van der Waals surface area (Å²) in [5, 5.41) is 3.54. The SMILES string of the molecule is CC(C(=O)NC1CC1)n1c(CCCl)nc2cc(Cl)cnc21. The largest absolute Gasteiger partial charge is 0.352 e. The Labute approximate surface area is 132 Å². The van der Waals surface area contributed by atoms with Crippen LogP contribution in [-0.2, 0) is 11.2 Å². The molecule has 1 N–H and O–H groups in total. The van der Waals surface area contributed by atoms with Crippen LogP contribution in [0.4, 0.5) is 0 Å². The molecule has 2 aromatic heterocycles. The van der Waals surface area contributed by atoms with Crippen LogP contribution in [0.25, 0.3) is 11.2 Å². The lowest BCUT2D eigenvalue weighted by Gasteiger charge is -2.16. The number of pyridine rings is 1. The minimum Gasteiger partial charge on any atom is -0.352 e. The van der Waals surface area contributed by atoms with Crippen molar-refractivity contribution in [2.45, 2.75) is 38.3 Å². The lowest BCUT2D eigenvalue weighted by molar-refractivity contribution is -0.124. The second kappa shape index (κ2) is 5.81. The summed E-state index contributed by atoms with van der Waals surface area (Å²) in [6.07, 6.45) is 4.27. The number of rotatable bonds is 5. The van der Waals surface area contributed by atoms with Crippen molar-refractivity contribution in [3.05, 3.63) is 23.1 Å². The van der Waals surface area contributed by atoms with E-state index in [2.05, 4.69) is 15.3 Å². The Kier molecular flexibility index (Phi) is 4.04. The van der Waals surface area contributed by atoms with Crippen LogP contribution >= 0.6 is 23.2 Å². The van der Waals surface area contributed by atoms with Gasteiger partial charge in [-0.15, -0.1) is 11.6 Å². The first-order chi connectivity index (χ1) is 10.1. The second-order valence-electron chi connectivity index (χ2n) is 5.29. The van der Waals surface area contributed by atoms with Gasteiger partial charge < -0.3 is 9.88 Å². The van der Waals surface area contributed by atoms with Gasteiger partial charge in [-0.1, -0.05) is 11.6 Å². The Morgan fingerprint density at radius 1 is 1.57 bits per heavy atom. The maximum Gasteiger partial charge on any atom is 0.243 e. The smallest absolute Gasteiger partial charge is 0.243 e. The van der Waals surface area contributed by atoms with Crippen molar-refractivity contribution in [2.75, 3.05) is 5.88 Å². The molecule has 1 aliphatic carbocycles. The molecule has 1 atom stereocenters. The van der Waals surface area contributed by atoms with Gasteiger partial charge in [0, 0.05) is 24.5 Å². The van der Waals surface area contributed by atoms with Crippen molar-refractivity contribution >= 4 is 40.3 Å². The number of hydrogen-bond acceptors (Lipinski definition) is 3. The third-order valence-electron chi connectivity index (χ3n) is 3.58. The van der Waals surface area contributed by atoms with Gasteiger partial charge in [-0.05, 0) is 25.8 Å². The number of amides is 1. The molecule has 0 aliphatic heterocycles. The topological polar surface area (TPSA) is 59.8 Å². The van der Waals surface area contributed by atoms with E-state index in [0.29, 0.717) is 34.5 Å². The fourth-order valence-electron chi connectivity index (χ4n) is 2.34. The molecule has 1 amide bonds. The number of aryl methyl sites for hydroxylation is 1. The van der Waals surface area contributed by atoms with Gasteiger partial charge in [0.05, 0.1) is 5.02 Å². The van der Waals surface area contributed by atoms with Crippen molar-refractivity contribution in [1.82, 2.24) is 19.9 Å². The van der Waals surface area contributed by atoms with Gasteiger partial charge in [0.1, 0.15) is 17.4 Å². The Bertz CT molecular complexity index is 681. The number of imidazole rings is 1. The number of nitrogens with zero attached hydrogens (tertiary/aromatic N) is 3. The van der Waals surface area contributed by atoms with Gasteiger partial charge >= 0.3 is 0 Å². The zero-order valence-electron chi connectivity index (χ0n) is 11.6. The molecule has 7 heteroatoms. The van der Waals surface area contributed by atoms with E-state index < -0.39 is 0 Å². The van der Waals surface area contributed by atoms with Gasteiger partial charge in [-0.2, -0.15) is 0 Å². The van der Waals surface area contributed by atoms with Gasteiger partial charge in [-0.25, -0.2) is 9.97 Å². The average molecular weight is 327 g/mol. The first kappa shape index (κ1) is 14.6. The van der Waals surface area contributed by atoms with Crippen LogP contribution in [0.2, 0.25) is 5.02 Å². The quantitative estimate of drug-likeness (QED) is 0.859. The van der Waals surface area contributed by atoms with Crippen LogP contribution in [0.3, 0.4) is 0 Å². The molecular weight excluding hydrogens is 311 g/mol. The van der Waals surface area contributed by atoms with E-state index >= 15 is 0 Å². The van der Waals surface area contributed by atoms with E-state index in [0.717, 1.165) is 18.7 Å². The van der Waals surface area contributed by atoms with Crippen molar-refractivity contribution < 1.29 is 4.79 Å². The predicted octanol–water partition coefficient (Wildman–Crippen LogP) is 2.71. The number of fused-ring (bicyclic) bond motifs is 1. The molecule has 112 valence electrons. The standard InChI is InChI=1S/C14H16Cl2N4O/c1-8(14(21)18-10-2-3-10)20-12(4-5-15)19-11-6-9(16)7-17-13(11)20/h6-8,10H,2-5H2,1H3,(H,18,21). The van der Waals surface area contributed by atoms with Crippen molar-refractivity contribution in [3.63, 3.8) is 0 Å². The molecule has 0 saturated heterocycles. The number of aromatic nitrogens is 3. The molecule has 3 rings (SSSR count). The van der Waals surface area contributed by atoms with E-state index in [4.69, 9.17) is 23.2 Å². The van der Waals surface area contributed by atoms with E-state index in [1.807, 2.05) is 11.5 Å². The molecule has 0 bridgehead atoms. The Morgan fingerprint density at radius 3 is 3.00 bits per heavy atom. The fraction of sp³-hybridized carbons (Fsp3) is 0.500. The number of carbonyl (C=O) groups is 1. The minimum atomic E-state index is -0.373. The molecule has 2 heterocycles. The summed E-state index contributed by atoms with van der Waals surface area (Å²) >= 11 is 11.8. The summed E-state index contributed by atoms with van der Waals surface area (Å²) < 4.78 is 1.85. The van der Waals surface area contributed by atoms with Crippen LogP contribution in [0, 0.1) is 0 Å². The van der Waals surface area contributed by atoms with Crippen LogP contribution in [0.5, 0.6) is 0 Å². The monoisotopic (exact) mass is 326 g/mol. The first-order valence-corrected chi connectivity index (χ1v) is 7.90. The van der Waals surface area contributed by atoms with Crippen LogP contribution in [0.15, 0.2) is 12.3 Å². The predicted molar refractivity (Wildman–Crippen MR) is 82.8 cm³/mol. The maximum atomic E-state index is 12.3. The second-order valence-corrected chi connectivity index (χ2v) is 6.11. The Hall–Kier alpha value is -1.33. The van der Waals surface area contributed by atoms with Crippen molar-refractivity contribution in [2.24, 2.45) is 0 Å². The van der Waals surface area contributed by atoms with Gasteiger partial charge in [-0.3, -0.25) is 4.79 Å². The molecule has 1 aliphatic rings. The number of alkyl halides is 1. The molecule has 0 aromatic carbocycles.